The average molecular weight is 237 g/mol. The van der Waals surface area contributed by atoms with E-state index in [0.29, 0.717) is 11.8 Å². The standard InChI is InChI=1S/C12H15NO4/c1-3-17-12(16)10(8-14)6-9-4-5-13(2)11(15)7-9/h4-5,7-8,10H,3,6H2,1-2H3. The molecule has 0 aliphatic rings. The molecular weight excluding hydrogens is 222 g/mol. The number of hydrogen-bond acceptors (Lipinski definition) is 4. The van der Waals surface area contributed by atoms with Gasteiger partial charge in [0.15, 0.2) is 0 Å². The number of hydrogen-bond donors (Lipinski definition) is 0. The number of aromatic nitrogens is 1. The number of aryl methyl sites for hydroxylation is 1. The molecule has 17 heavy (non-hydrogen) atoms. The molecule has 1 heterocycles. The van der Waals surface area contributed by atoms with Crippen molar-refractivity contribution in [3.05, 3.63) is 34.2 Å². The lowest BCUT2D eigenvalue weighted by Gasteiger charge is -2.09. The van der Waals surface area contributed by atoms with E-state index < -0.39 is 11.9 Å². The monoisotopic (exact) mass is 237 g/mol. The first kappa shape index (κ1) is 13.2. The summed E-state index contributed by atoms with van der Waals surface area (Å²) >= 11 is 0. The summed E-state index contributed by atoms with van der Waals surface area (Å²) in [5, 5.41) is 0. The molecular formula is C12H15NO4. The lowest BCUT2D eigenvalue weighted by Crippen LogP contribution is -2.23. The van der Waals surface area contributed by atoms with Crippen molar-refractivity contribution in [1.82, 2.24) is 4.57 Å². The number of carbonyl (C=O) groups is 2. The molecule has 0 N–H and O–H groups in total. The molecule has 5 heteroatoms. The second kappa shape index (κ2) is 5.98. The summed E-state index contributed by atoms with van der Waals surface area (Å²) < 4.78 is 6.19. The number of nitrogens with zero attached hydrogens (tertiary/aromatic N) is 1. The van der Waals surface area contributed by atoms with Gasteiger partial charge in [-0.25, -0.2) is 0 Å². The molecule has 0 radical (unpaired) electrons. The average Bonchev–Trinajstić information content (AvgIpc) is 2.30. The fraction of sp³-hybridized carbons (Fsp3) is 0.417. The van der Waals surface area contributed by atoms with Gasteiger partial charge in [-0.2, -0.15) is 0 Å². The molecule has 1 aromatic rings. The molecule has 5 nitrogen and oxygen atoms in total. The SMILES string of the molecule is CCOC(=O)C(C=O)Cc1ccn(C)c(=O)c1. The molecule has 0 amide bonds. The molecule has 1 unspecified atom stereocenters. The van der Waals surface area contributed by atoms with Crippen LogP contribution in [0, 0.1) is 5.92 Å². The third kappa shape index (κ3) is 3.55. The fourth-order valence-corrected chi connectivity index (χ4v) is 1.41. The molecule has 0 saturated carbocycles. The highest BCUT2D eigenvalue weighted by molar-refractivity contribution is 5.88. The Balaban J connectivity index is 2.80. The maximum atomic E-state index is 11.4. The van der Waals surface area contributed by atoms with Crippen LogP contribution >= 0.6 is 0 Å². The summed E-state index contributed by atoms with van der Waals surface area (Å²) in [7, 11) is 1.63. The van der Waals surface area contributed by atoms with Gasteiger partial charge >= 0.3 is 5.97 Å². The maximum absolute atomic E-state index is 11.4. The van der Waals surface area contributed by atoms with Crippen molar-refractivity contribution in [2.75, 3.05) is 6.61 Å². The highest BCUT2D eigenvalue weighted by atomic mass is 16.5. The van der Waals surface area contributed by atoms with Crippen molar-refractivity contribution in [2.45, 2.75) is 13.3 Å². The number of pyridine rings is 1. The van der Waals surface area contributed by atoms with Gasteiger partial charge in [-0.15, -0.1) is 0 Å². The first-order valence-corrected chi connectivity index (χ1v) is 5.36. The summed E-state index contributed by atoms with van der Waals surface area (Å²) in [6, 6.07) is 3.12. The van der Waals surface area contributed by atoms with Gasteiger partial charge in [0.2, 0.25) is 0 Å². The molecule has 0 fully saturated rings. The molecule has 0 saturated heterocycles. The van der Waals surface area contributed by atoms with E-state index in [1.807, 2.05) is 0 Å². The van der Waals surface area contributed by atoms with Crippen LogP contribution in [0.25, 0.3) is 0 Å². The normalized spacial score (nSPS) is 11.9. The topological polar surface area (TPSA) is 65.4 Å². The predicted molar refractivity (Wildman–Crippen MR) is 61.6 cm³/mol. The second-order valence-corrected chi connectivity index (χ2v) is 3.68. The molecule has 1 atom stereocenters. The third-order valence-electron chi connectivity index (χ3n) is 2.38. The van der Waals surface area contributed by atoms with E-state index in [-0.39, 0.29) is 18.6 Å². The quantitative estimate of drug-likeness (QED) is 0.420. The lowest BCUT2D eigenvalue weighted by atomic mass is 10.0. The van der Waals surface area contributed by atoms with Gasteiger partial charge in [0.25, 0.3) is 5.56 Å². The van der Waals surface area contributed by atoms with E-state index in [0.717, 1.165) is 0 Å². The van der Waals surface area contributed by atoms with Gasteiger partial charge in [0.05, 0.1) is 6.61 Å². The lowest BCUT2D eigenvalue weighted by molar-refractivity contribution is -0.149. The number of carbonyl (C=O) groups excluding carboxylic acids is 2. The van der Waals surface area contributed by atoms with Gasteiger partial charge in [-0.05, 0) is 25.0 Å². The number of aldehydes is 1. The largest absolute Gasteiger partial charge is 0.465 e. The fourth-order valence-electron chi connectivity index (χ4n) is 1.41. The highest BCUT2D eigenvalue weighted by Crippen LogP contribution is 2.07. The Morgan fingerprint density at radius 2 is 2.29 bits per heavy atom. The summed E-state index contributed by atoms with van der Waals surface area (Å²) in [5.74, 6) is -1.40. The minimum atomic E-state index is -0.845. The molecule has 92 valence electrons. The van der Waals surface area contributed by atoms with E-state index in [9.17, 15) is 14.4 Å². The van der Waals surface area contributed by atoms with Gasteiger partial charge < -0.3 is 14.1 Å². The number of ether oxygens (including phenoxy) is 1. The van der Waals surface area contributed by atoms with Crippen LogP contribution in [0.3, 0.4) is 0 Å². The van der Waals surface area contributed by atoms with E-state index in [2.05, 4.69) is 0 Å². The zero-order chi connectivity index (χ0) is 12.8. The Kier molecular flexibility index (Phi) is 4.63. The summed E-state index contributed by atoms with van der Waals surface area (Å²) in [4.78, 5) is 33.6. The van der Waals surface area contributed by atoms with Crippen molar-refractivity contribution in [3.63, 3.8) is 0 Å². The molecule has 1 rings (SSSR count). The van der Waals surface area contributed by atoms with Crippen LogP contribution in [-0.4, -0.2) is 23.4 Å². The molecule has 1 aromatic heterocycles. The number of esters is 1. The van der Waals surface area contributed by atoms with Crippen LogP contribution in [0.2, 0.25) is 0 Å². The highest BCUT2D eigenvalue weighted by Gasteiger charge is 2.19. The Morgan fingerprint density at radius 3 is 2.82 bits per heavy atom. The summed E-state index contributed by atoms with van der Waals surface area (Å²) in [6.07, 6.45) is 2.35. The Morgan fingerprint density at radius 1 is 1.59 bits per heavy atom. The van der Waals surface area contributed by atoms with E-state index in [1.54, 1.807) is 26.2 Å². The van der Waals surface area contributed by atoms with E-state index >= 15 is 0 Å². The van der Waals surface area contributed by atoms with Crippen molar-refractivity contribution in [2.24, 2.45) is 13.0 Å². The minimum Gasteiger partial charge on any atom is -0.465 e. The van der Waals surface area contributed by atoms with Gasteiger partial charge in [0, 0.05) is 19.3 Å². The van der Waals surface area contributed by atoms with Crippen LogP contribution in [0.5, 0.6) is 0 Å². The number of rotatable bonds is 5. The van der Waals surface area contributed by atoms with E-state index in [1.165, 1.54) is 10.6 Å². The molecule has 0 aliphatic carbocycles. The maximum Gasteiger partial charge on any atom is 0.316 e. The Bertz CT molecular complexity index is 464. The van der Waals surface area contributed by atoms with Crippen LogP contribution in [-0.2, 0) is 27.8 Å². The van der Waals surface area contributed by atoms with Crippen molar-refractivity contribution < 1.29 is 14.3 Å². The van der Waals surface area contributed by atoms with E-state index in [4.69, 9.17) is 4.74 Å². The summed E-state index contributed by atoms with van der Waals surface area (Å²) in [5.41, 5.74) is 0.481. The Labute approximate surface area is 99.0 Å². The van der Waals surface area contributed by atoms with Crippen LogP contribution in [0.4, 0.5) is 0 Å². The molecule has 0 spiro atoms. The second-order valence-electron chi connectivity index (χ2n) is 3.68. The van der Waals surface area contributed by atoms with Crippen molar-refractivity contribution >= 4 is 12.3 Å². The minimum absolute atomic E-state index is 0.170. The zero-order valence-corrected chi connectivity index (χ0v) is 9.88. The zero-order valence-electron chi connectivity index (χ0n) is 9.88. The van der Waals surface area contributed by atoms with Crippen LogP contribution in [0.1, 0.15) is 12.5 Å². The van der Waals surface area contributed by atoms with Crippen LogP contribution < -0.4 is 5.56 Å². The van der Waals surface area contributed by atoms with Gasteiger partial charge in [-0.3, -0.25) is 9.59 Å². The van der Waals surface area contributed by atoms with Gasteiger partial charge in [0.1, 0.15) is 12.2 Å². The summed E-state index contributed by atoms with van der Waals surface area (Å²) in [6.45, 7) is 1.91. The first-order chi connectivity index (χ1) is 8.08. The van der Waals surface area contributed by atoms with Gasteiger partial charge in [-0.1, -0.05) is 0 Å². The molecule has 0 bridgehead atoms. The smallest absolute Gasteiger partial charge is 0.316 e. The molecule has 0 aliphatic heterocycles. The van der Waals surface area contributed by atoms with Crippen molar-refractivity contribution in [1.29, 1.82) is 0 Å². The van der Waals surface area contributed by atoms with Crippen LogP contribution in [0.15, 0.2) is 23.1 Å². The third-order valence-corrected chi connectivity index (χ3v) is 2.38. The predicted octanol–water partition coefficient (Wildman–Crippen LogP) is 0.306. The van der Waals surface area contributed by atoms with Crippen molar-refractivity contribution in [3.8, 4) is 0 Å². The first-order valence-electron chi connectivity index (χ1n) is 5.36. The Hall–Kier alpha value is -1.91. The molecule has 0 aromatic carbocycles.